The molecule has 0 bridgehead atoms. The van der Waals surface area contributed by atoms with Crippen LogP contribution in [0.4, 0.5) is 17.3 Å². The molecule has 136 valence electrons. The van der Waals surface area contributed by atoms with Crippen LogP contribution in [0.3, 0.4) is 0 Å². The molecule has 0 fully saturated rings. The Kier molecular flexibility index (Phi) is 4.66. The number of rotatable bonds is 3. The van der Waals surface area contributed by atoms with E-state index in [1.807, 2.05) is 18.2 Å². The second-order valence-electron chi connectivity index (χ2n) is 5.68. The zero-order valence-corrected chi connectivity index (χ0v) is 14.4. The van der Waals surface area contributed by atoms with Crippen LogP contribution >= 0.6 is 0 Å². The van der Waals surface area contributed by atoms with Crippen LogP contribution in [0, 0.1) is 22.8 Å². The Balaban J connectivity index is 2.23. The Labute approximate surface area is 155 Å². The summed E-state index contributed by atoms with van der Waals surface area (Å²) in [5.74, 6) is 1.16. The molecule has 27 heavy (non-hydrogen) atoms. The van der Waals surface area contributed by atoms with Gasteiger partial charge in [0.15, 0.2) is 6.19 Å². The maximum Gasteiger partial charge on any atom is 0.211 e. The van der Waals surface area contributed by atoms with Gasteiger partial charge in [-0.2, -0.15) is 10.5 Å². The van der Waals surface area contributed by atoms with Gasteiger partial charge in [0.25, 0.3) is 0 Å². The maximum absolute atomic E-state index is 9.35. The lowest BCUT2D eigenvalue weighted by atomic mass is 9.94. The van der Waals surface area contributed by atoms with E-state index >= 15 is 0 Å². The minimum absolute atomic E-state index is 0.00409. The van der Waals surface area contributed by atoms with Crippen LogP contribution in [0.15, 0.2) is 23.2 Å². The van der Waals surface area contributed by atoms with Gasteiger partial charge in [-0.25, -0.2) is 9.98 Å². The number of anilines is 3. The van der Waals surface area contributed by atoms with Crippen LogP contribution in [-0.2, 0) is 6.54 Å². The lowest BCUT2D eigenvalue weighted by molar-refractivity contribution is 0.409. The van der Waals surface area contributed by atoms with Gasteiger partial charge in [0.05, 0.1) is 12.8 Å². The lowest BCUT2D eigenvalue weighted by Gasteiger charge is -2.26. The number of aliphatic imine (C=N–C) groups is 1. The van der Waals surface area contributed by atoms with Crippen LogP contribution in [0.2, 0.25) is 0 Å². The fourth-order valence-corrected chi connectivity index (χ4v) is 2.95. The standard InChI is InChI=1S/C17H17N9O/c1-27-11-3-2-8(4-9(11)5-18)14-12-13(21)10(6-19)15(22)25-16(12)26-17(24-14)23-7-20/h2-4,14H,5,18H2,1H3,(H6,21,22,23,24,25,26). The van der Waals surface area contributed by atoms with Crippen molar-refractivity contribution in [3.8, 4) is 18.0 Å². The molecule has 3 rings (SSSR count). The summed E-state index contributed by atoms with van der Waals surface area (Å²) in [7, 11) is 1.56. The van der Waals surface area contributed by atoms with Crippen molar-refractivity contribution in [3.05, 3.63) is 40.5 Å². The molecule has 0 amide bonds. The van der Waals surface area contributed by atoms with Gasteiger partial charge in [-0.05, 0) is 17.7 Å². The molecule has 10 heteroatoms. The third-order valence-corrected chi connectivity index (χ3v) is 4.20. The first-order chi connectivity index (χ1) is 13.0. The van der Waals surface area contributed by atoms with Crippen molar-refractivity contribution in [2.75, 3.05) is 23.9 Å². The Hall–Kier alpha value is -4.02. The van der Waals surface area contributed by atoms with Gasteiger partial charge in [0, 0.05) is 17.7 Å². The first-order valence-corrected chi connectivity index (χ1v) is 7.89. The summed E-state index contributed by atoms with van der Waals surface area (Å²) in [6.45, 7) is 0.265. The van der Waals surface area contributed by atoms with Gasteiger partial charge >= 0.3 is 0 Å². The van der Waals surface area contributed by atoms with Crippen molar-refractivity contribution < 1.29 is 4.74 Å². The molecular weight excluding hydrogens is 346 g/mol. The Morgan fingerprint density at radius 1 is 1.33 bits per heavy atom. The Morgan fingerprint density at radius 3 is 2.74 bits per heavy atom. The van der Waals surface area contributed by atoms with Crippen molar-refractivity contribution in [3.63, 3.8) is 0 Å². The molecule has 1 aliphatic heterocycles. The van der Waals surface area contributed by atoms with Crippen molar-refractivity contribution in [1.82, 2.24) is 10.3 Å². The number of nitrogen functional groups attached to an aromatic ring is 2. The summed E-state index contributed by atoms with van der Waals surface area (Å²) in [6, 6.07) is 6.78. The first-order valence-electron chi connectivity index (χ1n) is 7.89. The number of fused-ring (bicyclic) bond motifs is 1. The molecule has 1 aromatic carbocycles. The van der Waals surface area contributed by atoms with Crippen LogP contribution in [-0.4, -0.2) is 18.1 Å². The molecule has 0 saturated carbocycles. The van der Waals surface area contributed by atoms with Crippen LogP contribution in [0.5, 0.6) is 5.75 Å². The smallest absolute Gasteiger partial charge is 0.211 e. The summed E-state index contributed by atoms with van der Waals surface area (Å²) < 4.78 is 5.30. The predicted molar refractivity (Wildman–Crippen MR) is 100 cm³/mol. The molecule has 0 aliphatic carbocycles. The SMILES string of the molecule is COc1ccc(C2N=C(NC#N)Nc3nc(N)c(C#N)c(N)c32)cc1CN. The highest BCUT2D eigenvalue weighted by Gasteiger charge is 2.30. The summed E-state index contributed by atoms with van der Waals surface area (Å²) in [6.07, 6.45) is 1.81. The molecule has 0 radical (unpaired) electrons. The molecule has 1 aromatic heterocycles. The van der Waals surface area contributed by atoms with Crippen LogP contribution in [0.25, 0.3) is 0 Å². The third-order valence-electron chi connectivity index (χ3n) is 4.20. The first kappa shape index (κ1) is 17.8. The van der Waals surface area contributed by atoms with Gasteiger partial charge in [-0.15, -0.1) is 0 Å². The highest BCUT2D eigenvalue weighted by Crippen LogP contribution is 2.41. The monoisotopic (exact) mass is 363 g/mol. The number of nitrogens with zero attached hydrogens (tertiary/aromatic N) is 4. The molecule has 10 nitrogen and oxygen atoms in total. The van der Waals surface area contributed by atoms with Gasteiger partial charge in [-0.1, -0.05) is 6.07 Å². The molecule has 1 unspecified atom stereocenters. The molecule has 1 aliphatic rings. The quantitative estimate of drug-likeness (QED) is 0.383. The fraction of sp³-hybridized carbons (Fsp3) is 0.176. The van der Waals surface area contributed by atoms with E-state index in [-0.39, 0.29) is 29.6 Å². The molecule has 2 heterocycles. The van der Waals surface area contributed by atoms with Crippen molar-refractivity contribution in [2.24, 2.45) is 10.7 Å². The summed E-state index contributed by atoms with van der Waals surface area (Å²) in [5.41, 5.74) is 20.1. The molecule has 8 N–H and O–H groups in total. The van der Waals surface area contributed by atoms with Crippen molar-refractivity contribution >= 4 is 23.3 Å². The second-order valence-corrected chi connectivity index (χ2v) is 5.68. The van der Waals surface area contributed by atoms with E-state index in [0.29, 0.717) is 17.1 Å². The number of hydrogen-bond donors (Lipinski definition) is 5. The van der Waals surface area contributed by atoms with E-state index in [4.69, 9.17) is 27.2 Å². The number of hydrogen-bond acceptors (Lipinski definition) is 10. The van der Waals surface area contributed by atoms with E-state index < -0.39 is 6.04 Å². The van der Waals surface area contributed by atoms with E-state index in [1.165, 1.54) is 0 Å². The Morgan fingerprint density at radius 2 is 2.11 bits per heavy atom. The van der Waals surface area contributed by atoms with Crippen LogP contribution in [0.1, 0.15) is 28.3 Å². The average molecular weight is 363 g/mol. The zero-order chi connectivity index (χ0) is 19.6. The summed E-state index contributed by atoms with van der Waals surface area (Å²) >= 11 is 0. The molecule has 0 spiro atoms. The highest BCUT2D eigenvalue weighted by molar-refractivity contribution is 5.98. The topological polar surface area (TPSA) is 184 Å². The summed E-state index contributed by atoms with van der Waals surface area (Å²) in [4.78, 5) is 8.71. The second kappa shape index (κ2) is 7.07. The largest absolute Gasteiger partial charge is 0.496 e. The number of guanidine groups is 1. The molecular formula is C17H17N9O. The predicted octanol–water partition coefficient (Wildman–Crippen LogP) is 0.527. The average Bonchev–Trinajstić information content (AvgIpc) is 2.67. The van der Waals surface area contributed by atoms with Crippen LogP contribution < -0.4 is 32.6 Å². The van der Waals surface area contributed by atoms with Crippen molar-refractivity contribution in [1.29, 1.82) is 10.5 Å². The number of benzene rings is 1. The number of pyridine rings is 1. The lowest BCUT2D eigenvalue weighted by Crippen LogP contribution is -2.32. The normalized spacial score (nSPS) is 14.8. The molecule has 0 saturated heterocycles. The highest BCUT2D eigenvalue weighted by atomic mass is 16.5. The fourth-order valence-electron chi connectivity index (χ4n) is 2.95. The summed E-state index contributed by atoms with van der Waals surface area (Å²) in [5, 5.41) is 23.6. The van der Waals surface area contributed by atoms with Gasteiger partial charge in [0.1, 0.15) is 35.1 Å². The molecule has 2 aromatic rings. The number of methoxy groups -OCH3 is 1. The zero-order valence-electron chi connectivity index (χ0n) is 14.4. The van der Waals surface area contributed by atoms with E-state index in [1.54, 1.807) is 19.4 Å². The number of nitrogens with two attached hydrogens (primary N) is 3. The number of ether oxygens (including phenoxy) is 1. The third kappa shape index (κ3) is 3.01. The Bertz CT molecular complexity index is 1020. The van der Waals surface area contributed by atoms with Gasteiger partial charge in [0.2, 0.25) is 5.96 Å². The minimum Gasteiger partial charge on any atom is -0.496 e. The maximum atomic E-state index is 9.35. The molecule has 1 atom stereocenters. The van der Waals surface area contributed by atoms with Gasteiger partial charge in [-0.3, -0.25) is 5.32 Å². The number of nitriles is 2. The van der Waals surface area contributed by atoms with E-state index in [9.17, 15) is 5.26 Å². The van der Waals surface area contributed by atoms with E-state index in [0.717, 1.165) is 11.1 Å². The van der Waals surface area contributed by atoms with Crippen molar-refractivity contribution in [2.45, 2.75) is 12.6 Å². The van der Waals surface area contributed by atoms with E-state index in [2.05, 4.69) is 20.6 Å². The minimum atomic E-state index is -0.617. The number of aromatic nitrogens is 1. The van der Waals surface area contributed by atoms with Gasteiger partial charge < -0.3 is 27.3 Å². The number of nitrogens with one attached hydrogen (secondary N) is 2.